The van der Waals surface area contributed by atoms with Gasteiger partial charge in [0.15, 0.2) is 5.69 Å². The van der Waals surface area contributed by atoms with Crippen molar-refractivity contribution >= 4 is 17.5 Å². The molecule has 0 saturated carbocycles. The highest BCUT2D eigenvalue weighted by Gasteiger charge is 2.35. The molecule has 2 unspecified atom stereocenters. The van der Waals surface area contributed by atoms with E-state index in [1.54, 1.807) is 49.4 Å². The molecule has 1 amide bonds. The molecule has 1 aromatic heterocycles. The van der Waals surface area contributed by atoms with Gasteiger partial charge < -0.3 is 15.5 Å². The number of amides is 1. The predicted molar refractivity (Wildman–Crippen MR) is 112 cm³/mol. The second-order valence-electron chi connectivity index (χ2n) is 7.21. The van der Waals surface area contributed by atoms with Gasteiger partial charge in [-0.25, -0.2) is 4.68 Å². The fourth-order valence-corrected chi connectivity index (χ4v) is 3.29. The van der Waals surface area contributed by atoms with Crippen molar-refractivity contribution < 1.29 is 28.2 Å². The molecule has 6 nitrogen and oxygen atoms in total. The first-order valence-corrected chi connectivity index (χ1v) is 10.1. The summed E-state index contributed by atoms with van der Waals surface area (Å²) in [6, 6.07) is 13.6. The number of nitrogens with one attached hydrogen (secondary N) is 1. The van der Waals surface area contributed by atoms with Crippen LogP contribution in [-0.4, -0.2) is 32.5 Å². The van der Waals surface area contributed by atoms with Crippen molar-refractivity contribution in [3.63, 3.8) is 0 Å². The van der Waals surface area contributed by atoms with Crippen LogP contribution in [0, 0.1) is 0 Å². The van der Waals surface area contributed by atoms with Gasteiger partial charge in [-0.2, -0.15) is 18.3 Å². The van der Waals surface area contributed by atoms with Crippen molar-refractivity contribution in [2.24, 2.45) is 0 Å². The Morgan fingerprint density at radius 2 is 1.81 bits per heavy atom. The molecule has 0 bridgehead atoms. The van der Waals surface area contributed by atoms with Crippen LogP contribution in [0.15, 0.2) is 54.6 Å². The van der Waals surface area contributed by atoms with Crippen molar-refractivity contribution in [2.75, 3.05) is 6.61 Å². The number of nitrogens with zero attached hydrogens (tertiary/aromatic N) is 2. The van der Waals surface area contributed by atoms with E-state index in [9.17, 15) is 23.1 Å². The van der Waals surface area contributed by atoms with Gasteiger partial charge in [-0.15, -0.1) is 0 Å². The predicted octanol–water partition coefficient (Wildman–Crippen LogP) is 3.99. The average molecular weight is 468 g/mol. The number of rotatable bonds is 7. The minimum absolute atomic E-state index is 0.140. The number of aliphatic hydroxyl groups is 2. The molecule has 170 valence electrons. The van der Waals surface area contributed by atoms with Crippen LogP contribution in [0.5, 0.6) is 0 Å². The summed E-state index contributed by atoms with van der Waals surface area (Å²) >= 11 is 5.96. The minimum Gasteiger partial charge on any atom is -0.393 e. The Kier molecular flexibility index (Phi) is 7.22. The van der Waals surface area contributed by atoms with Gasteiger partial charge in [0, 0.05) is 5.02 Å². The third kappa shape index (κ3) is 5.48. The molecule has 0 fully saturated rings. The normalized spacial score (nSPS) is 13.6. The summed E-state index contributed by atoms with van der Waals surface area (Å²) in [6.07, 6.45) is -5.65. The number of carbonyl (C=O) groups excluding carboxylic acids is 1. The van der Waals surface area contributed by atoms with E-state index >= 15 is 0 Å². The Morgan fingerprint density at radius 3 is 2.41 bits per heavy atom. The Bertz CT molecular complexity index is 1080. The third-order valence-electron chi connectivity index (χ3n) is 4.96. The van der Waals surface area contributed by atoms with E-state index in [2.05, 4.69) is 10.4 Å². The molecule has 2 aromatic carbocycles. The Morgan fingerprint density at radius 1 is 1.16 bits per heavy atom. The number of alkyl halides is 3. The highest BCUT2D eigenvalue weighted by molar-refractivity contribution is 6.30. The highest BCUT2D eigenvalue weighted by atomic mass is 35.5. The smallest absolute Gasteiger partial charge is 0.393 e. The fraction of sp³-hybridized carbons (Fsp3) is 0.273. The topological polar surface area (TPSA) is 87.4 Å². The number of hydrogen-bond donors (Lipinski definition) is 3. The lowest BCUT2D eigenvalue weighted by atomic mass is 9.98. The molecule has 1 heterocycles. The van der Waals surface area contributed by atoms with Gasteiger partial charge in [-0.05, 0) is 42.3 Å². The maximum atomic E-state index is 13.2. The first kappa shape index (κ1) is 23.8. The zero-order chi connectivity index (χ0) is 23.5. The van der Waals surface area contributed by atoms with Crippen LogP contribution in [0.2, 0.25) is 5.02 Å². The maximum absolute atomic E-state index is 13.2. The fourth-order valence-electron chi connectivity index (χ4n) is 3.11. The summed E-state index contributed by atoms with van der Waals surface area (Å²) in [5.41, 5.74) is 0.558. The van der Waals surface area contributed by atoms with Crippen LogP contribution in [0.4, 0.5) is 13.2 Å². The molecular formula is C22H21ClF3N3O3. The number of carbonyl (C=O) groups is 1. The van der Waals surface area contributed by atoms with E-state index in [-0.39, 0.29) is 12.2 Å². The van der Waals surface area contributed by atoms with Gasteiger partial charge in [0.05, 0.1) is 30.5 Å². The molecule has 2 atom stereocenters. The van der Waals surface area contributed by atoms with Gasteiger partial charge in [-0.3, -0.25) is 4.79 Å². The Balaban J connectivity index is 1.78. The summed E-state index contributed by atoms with van der Waals surface area (Å²) < 4.78 is 40.8. The lowest BCUT2D eigenvalue weighted by Gasteiger charge is -2.15. The molecule has 3 N–H and O–H groups in total. The monoisotopic (exact) mass is 467 g/mol. The Labute approximate surface area is 187 Å². The molecule has 0 spiro atoms. The minimum atomic E-state index is -4.64. The summed E-state index contributed by atoms with van der Waals surface area (Å²) in [6.45, 7) is 1.05. The second kappa shape index (κ2) is 9.72. The molecule has 32 heavy (non-hydrogen) atoms. The average Bonchev–Trinajstić information content (AvgIpc) is 3.21. The molecule has 0 radical (unpaired) electrons. The molecular weight excluding hydrogens is 447 g/mol. The largest absolute Gasteiger partial charge is 0.435 e. The number of aliphatic hydroxyl groups excluding tert-OH is 2. The van der Waals surface area contributed by atoms with Crippen LogP contribution in [0.1, 0.15) is 41.5 Å². The standard InChI is InChI=1S/C22H21ClF3N3O3/c1-13(14-5-7-15(8-6-14)19(31)12-30)21(32)27-11-18-10-20(22(24,25)26)28-29(18)17-4-2-3-16(23)9-17/h2-10,13,19,30-31H,11-12H2,1H3,(H,27,32). The van der Waals surface area contributed by atoms with Crippen LogP contribution in [-0.2, 0) is 17.5 Å². The first-order chi connectivity index (χ1) is 15.1. The van der Waals surface area contributed by atoms with E-state index < -0.39 is 36.4 Å². The van der Waals surface area contributed by atoms with E-state index in [0.717, 1.165) is 10.7 Å². The van der Waals surface area contributed by atoms with Crippen molar-refractivity contribution in [3.05, 3.63) is 82.1 Å². The molecule has 0 saturated heterocycles. The molecule has 0 aliphatic heterocycles. The van der Waals surface area contributed by atoms with Gasteiger partial charge in [0.25, 0.3) is 0 Å². The Hall–Kier alpha value is -2.88. The van der Waals surface area contributed by atoms with E-state index in [4.69, 9.17) is 16.7 Å². The summed E-state index contributed by atoms with van der Waals surface area (Å²) in [5.74, 6) is -0.993. The van der Waals surface area contributed by atoms with Gasteiger partial charge >= 0.3 is 6.18 Å². The third-order valence-corrected chi connectivity index (χ3v) is 5.19. The van der Waals surface area contributed by atoms with Crippen molar-refractivity contribution in [3.8, 4) is 5.69 Å². The molecule has 3 rings (SSSR count). The zero-order valence-corrected chi connectivity index (χ0v) is 17.7. The van der Waals surface area contributed by atoms with Crippen LogP contribution >= 0.6 is 11.6 Å². The molecule has 3 aromatic rings. The maximum Gasteiger partial charge on any atom is 0.435 e. The lowest BCUT2D eigenvalue weighted by molar-refractivity contribution is -0.141. The summed E-state index contributed by atoms with van der Waals surface area (Å²) in [5, 5.41) is 25.3. The van der Waals surface area contributed by atoms with E-state index in [1.165, 1.54) is 6.07 Å². The number of hydrogen-bond acceptors (Lipinski definition) is 4. The quantitative estimate of drug-likeness (QED) is 0.490. The summed E-state index contributed by atoms with van der Waals surface area (Å²) in [7, 11) is 0. The van der Waals surface area contributed by atoms with Crippen LogP contribution < -0.4 is 5.32 Å². The van der Waals surface area contributed by atoms with Gasteiger partial charge in [0.1, 0.15) is 6.10 Å². The number of halogens is 4. The van der Waals surface area contributed by atoms with Crippen molar-refractivity contribution in [2.45, 2.75) is 31.7 Å². The van der Waals surface area contributed by atoms with Crippen LogP contribution in [0.25, 0.3) is 5.69 Å². The molecule has 0 aliphatic rings. The van der Waals surface area contributed by atoms with Gasteiger partial charge in [0.2, 0.25) is 5.91 Å². The first-order valence-electron chi connectivity index (χ1n) is 9.68. The number of benzene rings is 2. The van der Waals surface area contributed by atoms with Crippen LogP contribution in [0.3, 0.4) is 0 Å². The SMILES string of the molecule is CC(C(=O)NCc1cc(C(F)(F)F)nn1-c1cccc(Cl)c1)c1ccc(C(O)CO)cc1. The number of aromatic nitrogens is 2. The second-order valence-corrected chi connectivity index (χ2v) is 7.65. The van der Waals surface area contributed by atoms with Crippen molar-refractivity contribution in [1.82, 2.24) is 15.1 Å². The summed E-state index contributed by atoms with van der Waals surface area (Å²) in [4.78, 5) is 12.6. The zero-order valence-electron chi connectivity index (χ0n) is 17.0. The van der Waals surface area contributed by atoms with E-state index in [0.29, 0.717) is 21.8 Å². The molecule has 10 heteroatoms. The van der Waals surface area contributed by atoms with Gasteiger partial charge in [-0.1, -0.05) is 41.9 Å². The molecule has 0 aliphatic carbocycles. The highest BCUT2D eigenvalue weighted by Crippen LogP contribution is 2.30. The van der Waals surface area contributed by atoms with E-state index in [1.807, 2.05) is 0 Å². The lowest BCUT2D eigenvalue weighted by Crippen LogP contribution is -2.28. The van der Waals surface area contributed by atoms with Crippen molar-refractivity contribution in [1.29, 1.82) is 0 Å².